The summed E-state index contributed by atoms with van der Waals surface area (Å²) < 4.78 is 2.15. The van der Waals surface area contributed by atoms with Crippen molar-refractivity contribution in [3.63, 3.8) is 0 Å². The van der Waals surface area contributed by atoms with Crippen LogP contribution in [0.25, 0.3) is 0 Å². The van der Waals surface area contributed by atoms with E-state index >= 15 is 0 Å². The predicted octanol–water partition coefficient (Wildman–Crippen LogP) is 2.87. The fourth-order valence-electron chi connectivity index (χ4n) is 4.21. The first-order valence-corrected chi connectivity index (χ1v) is 9.66. The molecule has 2 fully saturated rings. The van der Waals surface area contributed by atoms with E-state index < -0.39 is 0 Å². The lowest BCUT2D eigenvalue weighted by Crippen LogP contribution is -2.36. The first-order chi connectivity index (χ1) is 12.3. The zero-order valence-electron chi connectivity index (χ0n) is 15.3. The molecule has 0 aromatic carbocycles. The highest BCUT2D eigenvalue weighted by Gasteiger charge is 2.22. The minimum atomic E-state index is 0.715. The number of hydrogen-bond acceptors (Lipinski definition) is 4. The van der Waals surface area contributed by atoms with Gasteiger partial charge in [0.15, 0.2) is 0 Å². The van der Waals surface area contributed by atoms with Gasteiger partial charge in [0, 0.05) is 58.2 Å². The van der Waals surface area contributed by atoms with Crippen LogP contribution in [0.5, 0.6) is 0 Å². The molecule has 5 nitrogen and oxygen atoms in total. The lowest BCUT2D eigenvalue weighted by molar-refractivity contribution is 0.165. The van der Waals surface area contributed by atoms with E-state index in [0.717, 1.165) is 31.9 Å². The number of rotatable bonds is 5. The summed E-state index contributed by atoms with van der Waals surface area (Å²) in [5, 5.41) is 0. The maximum atomic E-state index is 4.70. The van der Waals surface area contributed by atoms with Gasteiger partial charge in [0.1, 0.15) is 11.6 Å². The van der Waals surface area contributed by atoms with Gasteiger partial charge in [-0.15, -0.1) is 0 Å². The van der Waals surface area contributed by atoms with Gasteiger partial charge in [-0.3, -0.25) is 4.90 Å². The maximum Gasteiger partial charge on any atom is 0.128 e. The molecule has 2 saturated heterocycles. The van der Waals surface area contributed by atoms with Gasteiger partial charge >= 0.3 is 0 Å². The Bertz CT molecular complexity index is 672. The van der Waals surface area contributed by atoms with E-state index in [4.69, 9.17) is 4.98 Å². The summed E-state index contributed by atoms with van der Waals surface area (Å²) in [4.78, 5) is 14.2. The Balaban J connectivity index is 1.33. The topological polar surface area (TPSA) is 37.2 Å². The normalized spacial score (nSPS) is 21.8. The summed E-state index contributed by atoms with van der Waals surface area (Å²) >= 11 is 0. The fourth-order valence-corrected chi connectivity index (χ4v) is 4.21. The molecule has 5 heteroatoms. The molecule has 0 bridgehead atoms. The minimum Gasteiger partial charge on any atom is -0.357 e. The number of hydrogen-bond donors (Lipinski definition) is 0. The van der Waals surface area contributed by atoms with Crippen molar-refractivity contribution < 1.29 is 0 Å². The third kappa shape index (κ3) is 4.03. The van der Waals surface area contributed by atoms with Crippen LogP contribution in [-0.4, -0.2) is 45.6 Å². The average Bonchev–Trinajstić information content (AvgIpc) is 3.29. The summed E-state index contributed by atoms with van der Waals surface area (Å²) in [7, 11) is 2.09. The Morgan fingerprint density at radius 3 is 2.68 bits per heavy atom. The molecule has 1 atom stereocenters. The molecular formula is C20H29N5. The van der Waals surface area contributed by atoms with Crippen LogP contribution in [0.1, 0.15) is 37.1 Å². The van der Waals surface area contributed by atoms with Gasteiger partial charge in [-0.25, -0.2) is 9.97 Å². The van der Waals surface area contributed by atoms with Gasteiger partial charge in [-0.05, 0) is 49.8 Å². The first kappa shape index (κ1) is 16.6. The summed E-state index contributed by atoms with van der Waals surface area (Å²) in [6.45, 7) is 5.71. The van der Waals surface area contributed by atoms with Gasteiger partial charge in [0.2, 0.25) is 0 Å². The number of aromatic nitrogens is 3. The van der Waals surface area contributed by atoms with Crippen LogP contribution < -0.4 is 4.90 Å². The van der Waals surface area contributed by atoms with Crippen LogP contribution in [0, 0.1) is 5.92 Å². The van der Waals surface area contributed by atoms with E-state index in [9.17, 15) is 0 Å². The van der Waals surface area contributed by atoms with Crippen molar-refractivity contribution in [1.29, 1.82) is 0 Å². The van der Waals surface area contributed by atoms with Crippen molar-refractivity contribution in [3.05, 3.63) is 42.1 Å². The lowest BCUT2D eigenvalue weighted by atomic mass is 9.94. The number of anilines is 1. The Labute approximate surface area is 150 Å². The number of likely N-dealkylation sites (tertiary alicyclic amines) is 1. The Hall–Kier alpha value is -1.88. The summed E-state index contributed by atoms with van der Waals surface area (Å²) in [6.07, 6.45) is 12.3. The molecule has 0 saturated carbocycles. The molecule has 25 heavy (non-hydrogen) atoms. The van der Waals surface area contributed by atoms with Crippen LogP contribution in [0.3, 0.4) is 0 Å². The monoisotopic (exact) mass is 339 g/mol. The second kappa shape index (κ2) is 7.56. The number of nitrogens with zero attached hydrogens (tertiary/aromatic N) is 5. The molecule has 0 unspecified atom stereocenters. The number of pyridine rings is 1. The summed E-state index contributed by atoms with van der Waals surface area (Å²) in [6, 6.07) is 4.47. The van der Waals surface area contributed by atoms with E-state index in [0.29, 0.717) is 5.92 Å². The summed E-state index contributed by atoms with van der Waals surface area (Å²) in [5.41, 5.74) is 1.33. The van der Waals surface area contributed by atoms with Gasteiger partial charge in [-0.1, -0.05) is 6.07 Å². The summed E-state index contributed by atoms with van der Waals surface area (Å²) in [5.74, 6) is 3.07. The quantitative estimate of drug-likeness (QED) is 0.839. The second-order valence-electron chi connectivity index (χ2n) is 7.62. The maximum absolute atomic E-state index is 4.70. The van der Waals surface area contributed by atoms with Crippen molar-refractivity contribution in [3.8, 4) is 0 Å². The van der Waals surface area contributed by atoms with Crippen LogP contribution >= 0.6 is 0 Å². The van der Waals surface area contributed by atoms with Gasteiger partial charge in [0.25, 0.3) is 0 Å². The minimum absolute atomic E-state index is 0.715. The molecule has 0 N–H and O–H groups in total. The molecule has 2 aromatic heterocycles. The number of imidazole rings is 1. The molecule has 134 valence electrons. The molecule has 4 rings (SSSR count). The van der Waals surface area contributed by atoms with Gasteiger partial charge in [0.05, 0.1) is 0 Å². The van der Waals surface area contributed by atoms with Crippen molar-refractivity contribution in [2.75, 3.05) is 31.1 Å². The Morgan fingerprint density at radius 1 is 1.08 bits per heavy atom. The fraction of sp³-hybridized carbons (Fsp3) is 0.600. The van der Waals surface area contributed by atoms with Crippen molar-refractivity contribution in [2.24, 2.45) is 13.0 Å². The molecule has 0 spiro atoms. The third-order valence-corrected chi connectivity index (χ3v) is 5.64. The molecule has 4 heterocycles. The highest BCUT2D eigenvalue weighted by molar-refractivity contribution is 5.40. The predicted molar refractivity (Wildman–Crippen MR) is 101 cm³/mol. The largest absolute Gasteiger partial charge is 0.357 e. The van der Waals surface area contributed by atoms with E-state index in [-0.39, 0.29) is 0 Å². The smallest absolute Gasteiger partial charge is 0.128 e. The second-order valence-corrected chi connectivity index (χ2v) is 7.62. The molecule has 0 amide bonds. The van der Waals surface area contributed by atoms with Crippen LogP contribution in [0.15, 0.2) is 30.7 Å². The standard InChI is InChI=1S/C20H29N5/c1-23-12-8-21-20(23)13-17-5-4-9-24(15-17)16-18-6-7-19(22-14-18)25-10-2-3-11-25/h6-8,12,14,17H,2-5,9-11,13,15-16H2,1H3/t17-/m1/s1. The highest BCUT2D eigenvalue weighted by Crippen LogP contribution is 2.22. The van der Waals surface area contributed by atoms with E-state index in [1.54, 1.807) is 0 Å². The van der Waals surface area contributed by atoms with Gasteiger partial charge in [-0.2, -0.15) is 0 Å². The van der Waals surface area contributed by atoms with Crippen LogP contribution in [0.2, 0.25) is 0 Å². The van der Waals surface area contributed by atoms with Gasteiger partial charge < -0.3 is 9.47 Å². The molecular weight excluding hydrogens is 310 g/mol. The van der Waals surface area contributed by atoms with E-state index in [1.807, 2.05) is 12.4 Å². The lowest BCUT2D eigenvalue weighted by Gasteiger charge is -2.32. The first-order valence-electron chi connectivity index (χ1n) is 9.66. The number of piperidine rings is 1. The highest BCUT2D eigenvalue weighted by atomic mass is 15.2. The number of aryl methyl sites for hydroxylation is 1. The Morgan fingerprint density at radius 2 is 1.96 bits per heavy atom. The zero-order valence-corrected chi connectivity index (χ0v) is 15.3. The molecule has 2 aliphatic heterocycles. The van der Waals surface area contributed by atoms with E-state index in [1.165, 1.54) is 50.2 Å². The molecule has 0 radical (unpaired) electrons. The average molecular weight is 339 g/mol. The van der Waals surface area contributed by atoms with E-state index in [2.05, 4.69) is 44.7 Å². The molecule has 0 aliphatic carbocycles. The van der Waals surface area contributed by atoms with Crippen LogP contribution in [0.4, 0.5) is 5.82 Å². The third-order valence-electron chi connectivity index (χ3n) is 5.64. The van der Waals surface area contributed by atoms with Crippen LogP contribution in [-0.2, 0) is 20.0 Å². The SMILES string of the molecule is Cn1ccnc1C[C@H]1CCCN(Cc2ccc(N3CCCC3)nc2)C1. The van der Waals surface area contributed by atoms with Crippen molar-refractivity contribution in [2.45, 2.75) is 38.6 Å². The Kier molecular flexibility index (Phi) is 5.02. The zero-order chi connectivity index (χ0) is 17.1. The van der Waals surface area contributed by atoms with Crippen molar-refractivity contribution >= 4 is 5.82 Å². The van der Waals surface area contributed by atoms with Crippen molar-refractivity contribution in [1.82, 2.24) is 19.4 Å². The molecule has 2 aliphatic rings. The molecule has 2 aromatic rings.